The van der Waals surface area contributed by atoms with Gasteiger partial charge in [-0.2, -0.15) is 0 Å². The molecular weight excluding hydrogens is 279 g/mol. The Kier molecular flexibility index (Phi) is 18.1. The third-order valence-corrected chi connectivity index (χ3v) is 4.43. The van der Waals surface area contributed by atoms with E-state index in [0.29, 0.717) is 0 Å². The molecule has 0 aliphatic heterocycles. The average molecular weight is 314 g/mol. The van der Waals surface area contributed by atoms with Gasteiger partial charge in [-0.05, 0) is 0 Å². The molecule has 0 saturated heterocycles. The molecule has 18 heavy (non-hydrogen) atoms. The van der Waals surface area contributed by atoms with Gasteiger partial charge in [0.05, 0.1) is 0 Å². The molecule has 0 atom stereocenters. The molecule has 2 radical (unpaired) electrons. The molecule has 108 valence electrons. The van der Waals surface area contributed by atoms with E-state index in [1.807, 2.05) is 0 Å². The maximum atomic E-state index is 2.69. The first-order chi connectivity index (χ1) is 8.91. The second-order valence-electron chi connectivity index (χ2n) is 5.67. The predicted octanol–water partition coefficient (Wildman–Crippen LogP) is 6.44. The van der Waals surface area contributed by atoms with Gasteiger partial charge in [0, 0.05) is 0 Å². The summed E-state index contributed by atoms with van der Waals surface area (Å²) >= 11 is 2.69. The number of rotatable bonds is 15. The van der Waals surface area contributed by atoms with E-state index in [1.165, 1.54) is 102 Å². The molecule has 0 aromatic rings. The fourth-order valence-electron chi connectivity index (χ4n) is 2.48. The number of hydrogen-bond donors (Lipinski definition) is 0. The van der Waals surface area contributed by atoms with Crippen LogP contribution >= 0.6 is 0 Å². The van der Waals surface area contributed by atoms with Crippen LogP contribution in [0.5, 0.6) is 0 Å². The molecule has 0 aromatic heterocycles. The third-order valence-electron chi connectivity index (χ3n) is 3.76. The minimum absolute atomic E-state index is 1.31. The summed E-state index contributed by atoms with van der Waals surface area (Å²) in [6.45, 7) is 2.29. The van der Waals surface area contributed by atoms with E-state index in [-0.39, 0.29) is 0 Å². The van der Waals surface area contributed by atoms with Gasteiger partial charge in [-0.3, -0.25) is 0 Å². The van der Waals surface area contributed by atoms with Gasteiger partial charge < -0.3 is 0 Å². The Morgan fingerprint density at radius 1 is 0.444 bits per heavy atom. The zero-order chi connectivity index (χ0) is 13.3. The Morgan fingerprint density at radius 2 is 0.722 bits per heavy atom. The first kappa shape index (κ1) is 18.6. The Balaban J connectivity index is 2.86. The van der Waals surface area contributed by atoms with Gasteiger partial charge in [0.15, 0.2) is 0 Å². The van der Waals surface area contributed by atoms with Crippen molar-refractivity contribution in [3.05, 3.63) is 0 Å². The number of hydrogen-bond acceptors (Lipinski definition) is 0. The average Bonchev–Trinajstić information content (AvgIpc) is 2.39. The second-order valence-corrected chi connectivity index (χ2v) is 6.61. The molecule has 0 bridgehead atoms. The Labute approximate surface area is 125 Å². The van der Waals surface area contributed by atoms with Crippen molar-refractivity contribution in [1.82, 2.24) is 0 Å². The topological polar surface area (TPSA) is 0 Å². The Morgan fingerprint density at radius 3 is 1.00 bits per heavy atom. The SMILES string of the molecule is CCCCCCCCCCCCCCCCC[As]. The van der Waals surface area contributed by atoms with Crippen molar-refractivity contribution >= 4 is 16.9 Å². The van der Waals surface area contributed by atoms with Crippen molar-refractivity contribution in [3.63, 3.8) is 0 Å². The monoisotopic (exact) mass is 314 g/mol. The fourth-order valence-corrected chi connectivity index (χ4v) is 2.95. The molecule has 1 heteroatoms. The molecule has 0 spiro atoms. The van der Waals surface area contributed by atoms with Crippen molar-refractivity contribution < 1.29 is 0 Å². The van der Waals surface area contributed by atoms with Crippen molar-refractivity contribution in [2.75, 3.05) is 0 Å². The normalized spacial score (nSPS) is 11.0. The van der Waals surface area contributed by atoms with Gasteiger partial charge in [-0.25, -0.2) is 0 Å². The Hall–Kier alpha value is 0.558. The van der Waals surface area contributed by atoms with Gasteiger partial charge >= 0.3 is 92.7 Å². The summed E-state index contributed by atoms with van der Waals surface area (Å²) in [7, 11) is 0. The van der Waals surface area contributed by atoms with Crippen LogP contribution in [0.1, 0.15) is 103 Å². The standard InChI is InChI=1S/C17H35As/c1-2-3-4-5-6-7-8-9-10-11-12-13-14-15-16-17-18/h2-17H2,1H3. The minimum atomic E-state index is 1.31. The summed E-state index contributed by atoms with van der Waals surface area (Å²) in [6, 6.07) is 0. The van der Waals surface area contributed by atoms with Crippen LogP contribution in [0.3, 0.4) is 0 Å². The predicted molar refractivity (Wildman–Crippen MR) is 85.5 cm³/mol. The van der Waals surface area contributed by atoms with E-state index in [9.17, 15) is 0 Å². The van der Waals surface area contributed by atoms with Crippen LogP contribution in [-0.4, -0.2) is 16.9 Å². The molecule has 0 N–H and O–H groups in total. The van der Waals surface area contributed by atoms with E-state index in [4.69, 9.17) is 0 Å². The van der Waals surface area contributed by atoms with Gasteiger partial charge in [0.2, 0.25) is 0 Å². The zero-order valence-corrected chi connectivity index (χ0v) is 14.6. The molecule has 0 saturated carbocycles. The van der Waals surface area contributed by atoms with Crippen LogP contribution in [0, 0.1) is 0 Å². The van der Waals surface area contributed by atoms with Crippen LogP contribution < -0.4 is 0 Å². The van der Waals surface area contributed by atoms with Crippen molar-refractivity contribution in [3.8, 4) is 0 Å². The van der Waals surface area contributed by atoms with Gasteiger partial charge in [0.25, 0.3) is 0 Å². The zero-order valence-electron chi connectivity index (χ0n) is 12.8. The molecule has 0 nitrogen and oxygen atoms in total. The molecule has 0 fully saturated rings. The summed E-state index contributed by atoms with van der Waals surface area (Å²) in [5, 5.41) is 1.31. The van der Waals surface area contributed by atoms with E-state index < -0.39 is 0 Å². The Bertz CT molecular complexity index is 118. The molecular formula is C17H35As. The van der Waals surface area contributed by atoms with Crippen LogP contribution in [0.4, 0.5) is 0 Å². The van der Waals surface area contributed by atoms with Crippen molar-refractivity contribution in [1.29, 1.82) is 0 Å². The first-order valence-corrected chi connectivity index (χ1v) is 9.85. The van der Waals surface area contributed by atoms with Crippen molar-refractivity contribution in [2.24, 2.45) is 0 Å². The molecule has 0 aliphatic carbocycles. The van der Waals surface area contributed by atoms with E-state index in [0.717, 1.165) is 0 Å². The molecule has 0 heterocycles. The summed E-state index contributed by atoms with van der Waals surface area (Å²) in [5.74, 6) is 0. The quantitative estimate of drug-likeness (QED) is 0.241. The number of unbranched alkanes of at least 4 members (excludes halogenated alkanes) is 14. The summed E-state index contributed by atoms with van der Waals surface area (Å²) in [4.78, 5) is 0. The van der Waals surface area contributed by atoms with E-state index >= 15 is 0 Å². The molecule has 0 rings (SSSR count). The molecule has 0 aliphatic rings. The third kappa shape index (κ3) is 16.6. The molecule has 0 amide bonds. The van der Waals surface area contributed by atoms with Crippen LogP contribution in [0.25, 0.3) is 0 Å². The van der Waals surface area contributed by atoms with Gasteiger partial charge in [-0.1, -0.05) is 32.6 Å². The van der Waals surface area contributed by atoms with Crippen LogP contribution in [0.2, 0.25) is 5.21 Å². The van der Waals surface area contributed by atoms with Crippen LogP contribution in [0.15, 0.2) is 0 Å². The maximum absolute atomic E-state index is 2.69. The summed E-state index contributed by atoms with van der Waals surface area (Å²) < 4.78 is 0. The summed E-state index contributed by atoms with van der Waals surface area (Å²) in [5.41, 5.74) is 0. The second kappa shape index (κ2) is 17.6. The first-order valence-electron chi connectivity index (χ1n) is 8.52. The fraction of sp³-hybridized carbons (Fsp3) is 1.00. The van der Waals surface area contributed by atoms with E-state index in [2.05, 4.69) is 23.8 Å². The van der Waals surface area contributed by atoms with Gasteiger partial charge in [0.1, 0.15) is 0 Å². The molecule has 0 unspecified atom stereocenters. The molecule has 0 aromatic carbocycles. The van der Waals surface area contributed by atoms with Gasteiger partial charge in [-0.15, -0.1) is 0 Å². The summed E-state index contributed by atoms with van der Waals surface area (Å²) in [6.07, 6.45) is 22.0. The van der Waals surface area contributed by atoms with Crippen molar-refractivity contribution in [2.45, 2.75) is 108 Å². The van der Waals surface area contributed by atoms with Crippen LogP contribution in [-0.2, 0) is 0 Å². The van der Waals surface area contributed by atoms with E-state index in [1.54, 1.807) is 0 Å².